The fourth-order valence-electron chi connectivity index (χ4n) is 1.46. The van der Waals surface area contributed by atoms with Crippen LogP contribution in [0, 0.1) is 17.2 Å². The van der Waals surface area contributed by atoms with E-state index in [1.54, 1.807) is 6.07 Å². The van der Waals surface area contributed by atoms with Crippen molar-refractivity contribution in [2.45, 2.75) is 32.1 Å². The summed E-state index contributed by atoms with van der Waals surface area (Å²) in [5.41, 5.74) is 0. The lowest BCUT2D eigenvalue weighted by Crippen LogP contribution is -2.18. The fourth-order valence-corrected chi connectivity index (χ4v) is 1.46. The lowest BCUT2D eigenvalue weighted by molar-refractivity contribution is -0.161. The van der Waals surface area contributed by atoms with Crippen LogP contribution in [0.15, 0.2) is 0 Å². The van der Waals surface area contributed by atoms with Crippen LogP contribution in [-0.4, -0.2) is 11.9 Å². The molecule has 0 aromatic heterocycles. The zero-order valence-corrected chi connectivity index (χ0v) is 7.28. The van der Waals surface area contributed by atoms with E-state index in [-0.39, 0.29) is 12.3 Å². The number of rotatable bonds is 2. The van der Waals surface area contributed by atoms with Gasteiger partial charge in [-0.25, -0.2) is 0 Å². The molecule has 0 aromatic carbocycles. The molecule has 1 saturated carbocycles. The Labute approximate surface area is 76.5 Å². The number of carbonyl (C=O) groups excluding carboxylic acids is 2. The molecule has 0 aromatic rings. The van der Waals surface area contributed by atoms with Crippen LogP contribution < -0.4 is 0 Å². The number of esters is 2. The van der Waals surface area contributed by atoms with Gasteiger partial charge in [-0.2, -0.15) is 5.26 Å². The van der Waals surface area contributed by atoms with E-state index < -0.39 is 11.9 Å². The normalized spacial score (nSPS) is 16.5. The van der Waals surface area contributed by atoms with E-state index in [4.69, 9.17) is 5.26 Å². The van der Waals surface area contributed by atoms with Crippen molar-refractivity contribution >= 4 is 11.9 Å². The molecule has 0 N–H and O–H groups in total. The minimum absolute atomic E-state index is 0.123. The average molecular weight is 181 g/mol. The van der Waals surface area contributed by atoms with Gasteiger partial charge in [-0.05, 0) is 12.8 Å². The monoisotopic (exact) mass is 181 g/mol. The summed E-state index contributed by atoms with van der Waals surface area (Å²) < 4.78 is 4.47. The molecule has 0 heterocycles. The quantitative estimate of drug-likeness (QED) is 0.473. The number of nitrogens with zero attached hydrogens (tertiary/aromatic N) is 1. The summed E-state index contributed by atoms with van der Waals surface area (Å²) in [4.78, 5) is 21.9. The second-order valence-corrected chi connectivity index (χ2v) is 3.11. The van der Waals surface area contributed by atoms with E-state index in [0.717, 1.165) is 25.7 Å². The van der Waals surface area contributed by atoms with Crippen molar-refractivity contribution in [3.8, 4) is 6.07 Å². The first-order chi connectivity index (χ1) is 6.24. The van der Waals surface area contributed by atoms with Crippen molar-refractivity contribution in [2.75, 3.05) is 0 Å². The van der Waals surface area contributed by atoms with Crippen molar-refractivity contribution in [1.82, 2.24) is 0 Å². The minimum atomic E-state index is -0.737. The first kappa shape index (κ1) is 9.72. The number of hydrogen-bond acceptors (Lipinski definition) is 4. The highest BCUT2D eigenvalue weighted by Gasteiger charge is 2.25. The SMILES string of the molecule is N#CCC(=O)OC(=O)C1CCCC1. The smallest absolute Gasteiger partial charge is 0.327 e. The standard InChI is InChI=1S/C9H11NO3/c10-6-5-8(11)13-9(12)7-3-1-2-4-7/h7H,1-5H2. The predicted octanol–water partition coefficient (Wildman–Crippen LogP) is 1.16. The van der Waals surface area contributed by atoms with E-state index in [0.29, 0.717) is 0 Å². The van der Waals surface area contributed by atoms with Crippen LogP contribution >= 0.6 is 0 Å². The molecule has 0 saturated heterocycles. The number of nitriles is 1. The molecule has 0 bridgehead atoms. The highest BCUT2D eigenvalue weighted by Crippen LogP contribution is 2.25. The maximum Gasteiger partial charge on any atom is 0.327 e. The minimum Gasteiger partial charge on any atom is -0.392 e. The van der Waals surface area contributed by atoms with E-state index in [1.807, 2.05) is 0 Å². The van der Waals surface area contributed by atoms with E-state index >= 15 is 0 Å². The average Bonchev–Trinajstić information content (AvgIpc) is 2.55. The Morgan fingerprint density at radius 2 is 2.00 bits per heavy atom. The molecule has 70 valence electrons. The van der Waals surface area contributed by atoms with Crippen molar-refractivity contribution in [1.29, 1.82) is 5.26 Å². The van der Waals surface area contributed by atoms with Gasteiger partial charge in [-0.1, -0.05) is 12.8 Å². The summed E-state index contributed by atoms with van der Waals surface area (Å²) in [6, 6.07) is 1.64. The first-order valence-electron chi connectivity index (χ1n) is 4.35. The van der Waals surface area contributed by atoms with Crippen molar-refractivity contribution in [2.24, 2.45) is 5.92 Å². The second-order valence-electron chi connectivity index (χ2n) is 3.11. The van der Waals surface area contributed by atoms with E-state index in [1.165, 1.54) is 0 Å². The molecule has 13 heavy (non-hydrogen) atoms. The molecule has 0 unspecified atom stereocenters. The van der Waals surface area contributed by atoms with Crippen molar-refractivity contribution < 1.29 is 14.3 Å². The largest absolute Gasteiger partial charge is 0.392 e. The van der Waals surface area contributed by atoms with Crippen LogP contribution in [0.25, 0.3) is 0 Å². The van der Waals surface area contributed by atoms with Gasteiger partial charge in [-0.15, -0.1) is 0 Å². The molecular formula is C9H11NO3. The zero-order valence-electron chi connectivity index (χ0n) is 7.28. The molecule has 1 rings (SSSR count). The topological polar surface area (TPSA) is 67.2 Å². The molecule has 0 aliphatic heterocycles. The number of ether oxygens (including phenoxy) is 1. The lowest BCUT2D eigenvalue weighted by Gasteiger charge is -2.05. The van der Waals surface area contributed by atoms with Gasteiger partial charge >= 0.3 is 11.9 Å². The van der Waals surface area contributed by atoms with Crippen LogP contribution in [-0.2, 0) is 14.3 Å². The Balaban J connectivity index is 2.32. The molecule has 1 aliphatic carbocycles. The van der Waals surface area contributed by atoms with Crippen LogP contribution in [0.3, 0.4) is 0 Å². The van der Waals surface area contributed by atoms with Gasteiger partial charge in [0, 0.05) is 0 Å². The highest BCUT2D eigenvalue weighted by molar-refractivity contribution is 5.87. The molecule has 0 radical (unpaired) electrons. The molecule has 4 heteroatoms. The summed E-state index contributed by atoms with van der Waals surface area (Å²) >= 11 is 0. The fraction of sp³-hybridized carbons (Fsp3) is 0.667. The lowest BCUT2D eigenvalue weighted by atomic mass is 10.1. The Hall–Kier alpha value is -1.37. The Bertz CT molecular complexity index is 248. The van der Waals surface area contributed by atoms with Crippen molar-refractivity contribution in [3.05, 3.63) is 0 Å². The second kappa shape index (κ2) is 4.61. The van der Waals surface area contributed by atoms with Gasteiger partial charge in [0.15, 0.2) is 0 Å². The molecule has 0 spiro atoms. The Morgan fingerprint density at radius 3 is 2.54 bits per heavy atom. The maximum absolute atomic E-state index is 11.2. The molecule has 0 amide bonds. The van der Waals surface area contributed by atoms with Crippen LogP contribution in [0.2, 0.25) is 0 Å². The first-order valence-corrected chi connectivity index (χ1v) is 4.35. The van der Waals surface area contributed by atoms with Gasteiger partial charge in [0.25, 0.3) is 0 Å². The molecular weight excluding hydrogens is 170 g/mol. The third kappa shape index (κ3) is 2.86. The number of carbonyl (C=O) groups is 2. The highest BCUT2D eigenvalue weighted by atomic mass is 16.6. The van der Waals surface area contributed by atoms with Crippen molar-refractivity contribution in [3.63, 3.8) is 0 Å². The summed E-state index contributed by atoms with van der Waals surface area (Å²) in [7, 11) is 0. The molecule has 1 fully saturated rings. The van der Waals surface area contributed by atoms with Crippen LogP contribution in [0.1, 0.15) is 32.1 Å². The van der Waals surface area contributed by atoms with Gasteiger partial charge in [0.2, 0.25) is 0 Å². The van der Waals surface area contributed by atoms with Crippen LogP contribution in [0.4, 0.5) is 0 Å². The van der Waals surface area contributed by atoms with Gasteiger partial charge in [-0.3, -0.25) is 9.59 Å². The molecule has 1 aliphatic rings. The van der Waals surface area contributed by atoms with Gasteiger partial charge < -0.3 is 4.74 Å². The summed E-state index contributed by atoms with van der Waals surface area (Å²) in [5, 5.41) is 8.15. The summed E-state index contributed by atoms with van der Waals surface area (Å²) in [6.45, 7) is 0. The third-order valence-electron chi connectivity index (χ3n) is 2.13. The Morgan fingerprint density at radius 1 is 1.38 bits per heavy atom. The summed E-state index contributed by atoms with van der Waals surface area (Å²) in [5.74, 6) is -1.32. The maximum atomic E-state index is 11.2. The van der Waals surface area contributed by atoms with Crippen LogP contribution in [0.5, 0.6) is 0 Å². The number of hydrogen-bond donors (Lipinski definition) is 0. The molecule has 0 atom stereocenters. The van der Waals surface area contributed by atoms with E-state index in [9.17, 15) is 9.59 Å². The molecule has 4 nitrogen and oxygen atoms in total. The zero-order chi connectivity index (χ0) is 9.68. The predicted molar refractivity (Wildman–Crippen MR) is 43.3 cm³/mol. The van der Waals surface area contributed by atoms with Gasteiger partial charge in [0.05, 0.1) is 12.0 Å². The Kier molecular flexibility index (Phi) is 3.44. The summed E-state index contributed by atoms with van der Waals surface area (Å²) in [6.07, 6.45) is 3.30. The third-order valence-corrected chi connectivity index (χ3v) is 2.13. The van der Waals surface area contributed by atoms with E-state index in [2.05, 4.69) is 4.74 Å². The van der Waals surface area contributed by atoms with Gasteiger partial charge in [0.1, 0.15) is 6.42 Å².